The number of hydrogen-bond acceptors (Lipinski definition) is 9. The molecule has 2 aliphatic rings. The molecule has 1 aromatic rings. The van der Waals surface area contributed by atoms with Crippen molar-refractivity contribution in [2.75, 3.05) is 98.2 Å². The van der Waals surface area contributed by atoms with Crippen LogP contribution >= 0.6 is 0 Å². The van der Waals surface area contributed by atoms with Crippen LogP contribution in [0.3, 0.4) is 0 Å². The lowest BCUT2D eigenvalue weighted by Crippen LogP contribution is -2.67. The number of aliphatic hydroxyl groups is 1. The Hall–Kier alpha value is -2.65. The highest BCUT2D eigenvalue weighted by Crippen LogP contribution is 2.21. The van der Waals surface area contributed by atoms with Crippen LogP contribution in [-0.2, 0) is 25.7 Å². The summed E-state index contributed by atoms with van der Waals surface area (Å²) in [7, 11) is 0. The van der Waals surface area contributed by atoms with Gasteiger partial charge in [0.1, 0.15) is 13.1 Å². The summed E-state index contributed by atoms with van der Waals surface area (Å²) < 4.78 is 6.03. The number of quaternary nitrogens is 1. The lowest BCUT2D eigenvalue weighted by molar-refractivity contribution is -1.03. The molecule has 2 heterocycles. The average Bonchev–Trinajstić information content (AvgIpc) is 3.02. The Labute approximate surface area is 286 Å². The second kappa shape index (κ2) is 22.1. The molecule has 48 heavy (non-hydrogen) atoms. The molecular weight excluding hydrogens is 618 g/mol. The Kier molecular flexibility index (Phi) is 18.4. The lowest BCUT2D eigenvalue weighted by Gasteiger charge is -2.47. The number of aliphatic hydroxyl groups excluding tert-OH is 1. The highest BCUT2D eigenvalue weighted by molar-refractivity contribution is 5.69. The number of benzene rings is 1. The molecule has 0 amide bonds. The van der Waals surface area contributed by atoms with Crippen molar-refractivity contribution in [3.63, 3.8) is 0 Å². The summed E-state index contributed by atoms with van der Waals surface area (Å²) in [5, 5.41) is 43.0. The molecule has 2 aliphatic heterocycles. The third kappa shape index (κ3) is 15.7. The summed E-state index contributed by atoms with van der Waals surface area (Å²) >= 11 is 0. The zero-order chi connectivity index (χ0) is 34.6. The minimum Gasteiger partial charge on any atom is -0.480 e. The molecule has 2 atom stereocenters. The van der Waals surface area contributed by atoms with Gasteiger partial charge < -0.3 is 25.2 Å². The first-order chi connectivity index (χ1) is 23.1. The van der Waals surface area contributed by atoms with E-state index in [1.54, 1.807) is 4.90 Å². The quantitative estimate of drug-likeness (QED) is 0.227. The van der Waals surface area contributed by atoms with Crippen molar-refractivity contribution >= 4 is 17.9 Å². The van der Waals surface area contributed by atoms with Crippen molar-refractivity contribution in [3.05, 3.63) is 35.9 Å². The van der Waals surface area contributed by atoms with E-state index in [9.17, 15) is 34.8 Å². The molecule has 0 bridgehead atoms. The number of rotatable bonds is 13. The molecule has 0 saturated carbocycles. The summed E-state index contributed by atoms with van der Waals surface area (Å²) in [6.07, 6.45) is 9.41. The van der Waals surface area contributed by atoms with Crippen LogP contribution in [0.15, 0.2) is 30.3 Å². The van der Waals surface area contributed by atoms with Gasteiger partial charge in [-0.05, 0) is 18.4 Å². The highest BCUT2D eigenvalue weighted by atomic mass is 16.5. The van der Waals surface area contributed by atoms with Crippen LogP contribution in [0, 0.1) is 0 Å². The molecule has 0 spiro atoms. The van der Waals surface area contributed by atoms with Crippen LogP contribution in [0.1, 0.15) is 63.4 Å². The fourth-order valence-corrected chi connectivity index (χ4v) is 6.94. The zero-order valence-electron chi connectivity index (χ0n) is 28.8. The standard InChI is InChI=1S/C35H59N5O8/c41-32(30-48-29-31-13-9-8-10-14-31)25-37-19-17-36(26-33(42)43)18-20-38(27-34(44)45)22-24-40(23-21-37,28-35(46)47)39-15-11-6-4-2-1-3-5-7-12-16-39/h8-10,13-14,32,41H,1-7,11-12,15-30H2,(H2-,42,43,44,45,46,47)/p+1. The summed E-state index contributed by atoms with van der Waals surface area (Å²) in [5.41, 5.74) is 1.01. The van der Waals surface area contributed by atoms with Gasteiger partial charge >= 0.3 is 17.9 Å². The number of hydrogen-bond donors (Lipinski definition) is 4. The molecular formula is C35H60N5O8+. The van der Waals surface area contributed by atoms with E-state index in [1.807, 2.05) is 35.2 Å². The minimum absolute atomic E-state index is 0.109. The smallest absolute Gasteiger partial charge is 0.361 e. The number of β-amino-alcohol motifs (C(OH)–C–C–N with tert-alkyl or cyclic N) is 1. The molecule has 0 aromatic heterocycles. The van der Waals surface area contributed by atoms with Gasteiger partial charge in [0.2, 0.25) is 0 Å². The van der Waals surface area contributed by atoms with E-state index in [2.05, 4.69) is 9.91 Å². The number of carbonyl (C=O) groups is 3. The largest absolute Gasteiger partial charge is 0.480 e. The van der Waals surface area contributed by atoms with Gasteiger partial charge in [0.25, 0.3) is 0 Å². The van der Waals surface area contributed by atoms with Gasteiger partial charge in [-0.15, -0.1) is 0 Å². The minimum atomic E-state index is -0.968. The van der Waals surface area contributed by atoms with Gasteiger partial charge in [-0.25, -0.2) is 9.39 Å². The molecule has 2 fully saturated rings. The fraction of sp³-hybridized carbons (Fsp3) is 0.743. The molecule has 13 heteroatoms. The summed E-state index contributed by atoms with van der Waals surface area (Å²) in [6, 6.07) is 9.75. The highest BCUT2D eigenvalue weighted by Gasteiger charge is 2.39. The predicted octanol–water partition coefficient (Wildman–Crippen LogP) is 2.30. The van der Waals surface area contributed by atoms with E-state index in [4.69, 9.17) is 4.74 Å². The number of ether oxygens (including phenoxy) is 1. The summed E-state index contributed by atoms with van der Waals surface area (Å²) in [5.74, 6) is -2.82. The maximum absolute atomic E-state index is 12.6. The Bertz CT molecular complexity index is 1070. The number of aliphatic carboxylic acids is 3. The van der Waals surface area contributed by atoms with Crippen LogP contribution in [0.4, 0.5) is 0 Å². The van der Waals surface area contributed by atoms with Crippen molar-refractivity contribution in [2.45, 2.75) is 70.5 Å². The van der Waals surface area contributed by atoms with Crippen molar-refractivity contribution in [2.24, 2.45) is 0 Å². The second-order valence-corrected chi connectivity index (χ2v) is 13.5. The topological polar surface area (TPSA) is 154 Å². The Morgan fingerprint density at radius 3 is 1.65 bits per heavy atom. The monoisotopic (exact) mass is 678 g/mol. The predicted molar refractivity (Wildman–Crippen MR) is 182 cm³/mol. The number of nitrogens with zero attached hydrogens (tertiary/aromatic N) is 5. The van der Waals surface area contributed by atoms with E-state index in [0.29, 0.717) is 65.5 Å². The molecule has 272 valence electrons. The molecule has 2 unspecified atom stereocenters. The maximum Gasteiger partial charge on any atom is 0.361 e. The summed E-state index contributed by atoms with van der Waals surface area (Å²) in [6.45, 7) is 5.22. The number of carboxylic acids is 3. The van der Waals surface area contributed by atoms with Crippen LogP contribution in [0.25, 0.3) is 0 Å². The third-order valence-electron chi connectivity index (χ3n) is 9.60. The Morgan fingerprint density at radius 1 is 0.646 bits per heavy atom. The van der Waals surface area contributed by atoms with E-state index in [-0.39, 0.29) is 30.8 Å². The van der Waals surface area contributed by atoms with Crippen molar-refractivity contribution in [1.82, 2.24) is 19.7 Å². The van der Waals surface area contributed by atoms with Crippen molar-refractivity contribution < 1.29 is 44.1 Å². The summed E-state index contributed by atoms with van der Waals surface area (Å²) in [4.78, 5) is 41.9. The Balaban J connectivity index is 1.86. The van der Waals surface area contributed by atoms with Crippen LogP contribution in [0.2, 0.25) is 0 Å². The van der Waals surface area contributed by atoms with Gasteiger partial charge in [0.05, 0.1) is 39.0 Å². The van der Waals surface area contributed by atoms with Gasteiger partial charge in [-0.2, -0.15) is 5.01 Å². The second-order valence-electron chi connectivity index (χ2n) is 13.5. The molecule has 0 aliphatic carbocycles. The van der Waals surface area contributed by atoms with Crippen molar-refractivity contribution in [1.29, 1.82) is 0 Å². The zero-order valence-corrected chi connectivity index (χ0v) is 28.8. The van der Waals surface area contributed by atoms with Crippen LogP contribution < -0.4 is 0 Å². The molecule has 3 rings (SSSR count). The lowest BCUT2D eigenvalue weighted by atomic mass is 10.1. The SMILES string of the molecule is O=C(O)CN1CCN(CC(=O)O)CC[N+](CC(=O)O)(N2CCCCCCCCCCC2)CCN(CC(O)COCc2ccccc2)CC1. The van der Waals surface area contributed by atoms with E-state index >= 15 is 0 Å². The fourth-order valence-electron chi connectivity index (χ4n) is 6.94. The first-order valence-corrected chi connectivity index (χ1v) is 17.9. The third-order valence-corrected chi connectivity index (χ3v) is 9.60. The van der Waals surface area contributed by atoms with Gasteiger partial charge in [-0.3, -0.25) is 24.3 Å². The average molecular weight is 679 g/mol. The van der Waals surface area contributed by atoms with E-state index in [0.717, 1.165) is 44.3 Å². The molecule has 2 saturated heterocycles. The molecule has 4 N–H and O–H groups in total. The van der Waals surface area contributed by atoms with Gasteiger partial charge in [-0.1, -0.05) is 75.3 Å². The van der Waals surface area contributed by atoms with Gasteiger partial charge in [0.15, 0.2) is 6.54 Å². The van der Waals surface area contributed by atoms with E-state index in [1.165, 1.54) is 32.1 Å². The maximum atomic E-state index is 12.6. The number of carboxylic acid groups (broad SMARTS) is 3. The Morgan fingerprint density at radius 2 is 1.12 bits per heavy atom. The van der Waals surface area contributed by atoms with Crippen LogP contribution in [0.5, 0.6) is 0 Å². The normalized spacial score (nSPS) is 23.5. The first-order valence-electron chi connectivity index (χ1n) is 17.9. The van der Waals surface area contributed by atoms with Gasteiger partial charge in [0, 0.05) is 52.4 Å². The molecule has 0 radical (unpaired) electrons. The molecule has 13 nitrogen and oxygen atoms in total. The molecule has 1 aromatic carbocycles. The van der Waals surface area contributed by atoms with Crippen molar-refractivity contribution in [3.8, 4) is 0 Å². The van der Waals surface area contributed by atoms with E-state index < -0.39 is 24.0 Å². The first kappa shape index (κ1) is 39.8. The van der Waals surface area contributed by atoms with Crippen LogP contribution in [-0.4, -0.2) is 167 Å².